The van der Waals surface area contributed by atoms with E-state index in [1.165, 1.54) is 19.4 Å². The molecule has 0 saturated carbocycles. The maximum Gasteiger partial charge on any atom is 0.294 e. The van der Waals surface area contributed by atoms with Crippen LogP contribution in [0.5, 0.6) is 5.88 Å². The number of rotatable bonds is 4. The minimum atomic E-state index is -0.414. The van der Waals surface area contributed by atoms with Gasteiger partial charge in [-0.25, -0.2) is 9.97 Å². The van der Waals surface area contributed by atoms with Crippen molar-refractivity contribution >= 4 is 61.2 Å². The first-order valence-electron chi connectivity index (χ1n) is 9.66. The molecule has 3 heterocycles. The number of nitrogens with zero attached hydrogens (tertiary/aromatic N) is 2. The summed E-state index contributed by atoms with van der Waals surface area (Å²) in [6, 6.07) is 13.5. The number of carbonyl (C=O) groups excluding carboxylic acids is 1. The largest absolute Gasteiger partial charge is 0.481 e. The maximum atomic E-state index is 12.6. The Labute approximate surface area is 199 Å². The van der Waals surface area contributed by atoms with Gasteiger partial charge in [0.1, 0.15) is 16.9 Å². The van der Waals surface area contributed by atoms with Crippen LogP contribution in [0.1, 0.15) is 10.4 Å². The molecule has 0 spiro atoms. The molecule has 2 N–H and O–H groups in total. The van der Waals surface area contributed by atoms with E-state index in [0.717, 1.165) is 4.47 Å². The fourth-order valence-electron chi connectivity index (χ4n) is 3.40. The van der Waals surface area contributed by atoms with Crippen LogP contribution in [0, 0.1) is 0 Å². The van der Waals surface area contributed by atoms with Crippen LogP contribution >= 0.6 is 27.5 Å². The van der Waals surface area contributed by atoms with Crippen molar-refractivity contribution in [3.8, 4) is 17.3 Å². The predicted molar refractivity (Wildman–Crippen MR) is 129 cm³/mol. The van der Waals surface area contributed by atoms with Crippen molar-refractivity contribution in [2.45, 2.75) is 0 Å². The van der Waals surface area contributed by atoms with E-state index in [9.17, 15) is 9.59 Å². The number of H-pyrrole nitrogens is 1. The molecule has 5 aromatic rings. The number of pyridine rings is 1. The molecular formula is C23H14BrClN4O4. The fourth-order valence-corrected chi connectivity index (χ4v) is 4.03. The monoisotopic (exact) mass is 524 g/mol. The first kappa shape index (κ1) is 21.2. The zero-order valence-electron chi connectivity index (χ0n) is 17.0. The van der Waals surface area contributed by atoms with E-state index >= 15 is 0 Å². The third-order valence-corrected chi connectivity index (χ3v) is 5.78. The molecule has 0 unspecified atom stereocenters. The highest BCUT2D eigenvalue weighted by molar-refractivity contribution is 9.10. The van der Waals surface area contributed by atoms with Gasteiger partial charge in [0, 0.05) is 38.9 Å². The zero-order chi connectivity index (χ0) is 23.1. The molecule has 0 aliphatic rings. The fraction of sp³-hybridized carbons (Fsp3) is 0.0435. The lowest BCUT2D eigenvalue weighted by molar-refractivity contribution is 0.102. The average Bonchev–Trinajstić information content (AvgIpc) is 3.17. The van der Waals surface area contributed by atoms with E-state index in [0.29, 0.717) is 44.2 Å². The third-order valence-electron chi connectivity index (χ3n) is 4.97. The van der Waals surface area contributed by atoms with Crippen LogP contribution in [0.25, 0.3) is 33.5 Å². The number of fused-ring (bicyclic) bond motifs is 3. The number of hydrogen-bond donors (Lipinski definition) is 2. The molecule has 3 aromatic heterocycles. The van der Waals surface area contributed by atoms with Gasteiger partial charge in [0.2, 0.25) is 11.5 Å². The second-order valence-corrected chi connectivity index (χ2v) is 8.39. The summed E-state index contributed by atoms with van der Waals surface area (Å²) in [4.78, 5) is 36.5. The number of methoxy groups -OCH3 is 1. The van der Waals surface area contributed by atoms with Gasteiger partial charge in [0.25, 0.3) is 11.5 Å². The summed E-state index contributed by atoms with van der Waals surface area (Å²) >= 11 is 9.92. The Hall–Kier alpha value is -3.69. The van der Waals surface area contributed by atoms with E-state index in [1.54, 1.807) is 30.3 Å². The van der Waals surface area contributed by atoms with Crippen LogP contribution in [-0.2, 0) is 0 Å². The highest BCUT2D eigenvalue weighted by atomic mass is 79.9. The van der Waals surface area contributed by atoms with E-state index < -0.39 is 5.56 Å². The molecule has 1 amide bonds. The van der Waals surface area contributed by atoms with Crippen LogP contribution in [0.4, 0.5) is 5.69 Å². The zero-order valence-corrected chi connectivity index (χ0v) is 19.3. The van der Waals surface area contributed by atoms with Gasteiger partial charge in [-0.2, -0.15) is 0 Å². The van der Waals surface area contributed by atoms with Crippen LogP contribution in [0.2, 0.25) is 5.02 Å². The van der Waals surface area contributed by atoms with Crippen LogP contribution in [0.3, 0.4) is 0 Å². The first-order valence-corrected chi connectivity index (χ1v) is 10.8. The number of carbonyl (C=O) groups is 1. The van der Waals surface area contributed by atoms with Gasteiger partial charge in [-0.05, 0) is 42.5 Å². The lowest BCUT2D eigenvalue weighted by atomic mass is 10.1. The maximum absolute atomic E-state index is 12.6. The summed E-state index contributed by atoms with van der Waals surface area (Å²) < 4.78 is 11.5. The molecule has 33 heavy (non-hydrogen) atoms. The van der Waals surface area contributed by atoms with Crippen molar-refractivity contribution in [1.82, 2.24) is 15.0 Å². The normalized spacial score (nSPS) is 11.1. The number of anilines is 1. The molecule has 0 aliphatic heterocycles. The number of aromatic amines is 1. The van der Waals surface area contributed by atoms with Gasteiger partial charge in [0.05, 0.1) is 12.1 Å². The second kappa shape index (κ2) is 8.34. The lowest BCUT2D eigenvalue weighted by Gasteiger charge is -2.09. The molecule has 0 saturated heterocycles. The van der Waals surface area contributed by atoms with E-state index in [2.05, 4.69) is 36.2 Å². The summed E-state index contributed by atoms with van der Waals surface area (Å²) in [5, 5.41) is 3.79. The summed E-state index contributed by atoms with van der Waals surface area (Å²) in [5.41, 5.74) is 2.08. The molecule has 0 bridgehead atoms. The summed E-state index contributed by atoms with van der Waals surface area (Å²) in [5.74, 6) is 0.278. The molecule has 0 radical (unpaired) electrons. The molecule has 0 fully saturated rings. The van der Waals surface area contributed by atoms with Gasteiger partial charge in [0.15, 0.2) is 0 Å². The highest BCUT2D eigenvalue weighted by Gasteiger charge is 2.16. The molecule has 8 nitrogen and oxygen atoms in total. The molecule has 10 heteroatoms. The number of aromatic nitrogens is 3. The van der Waals surface area contributed by atoms with Crippen molar-refractivity contribution in [3.63, 3.8) is 0 Å². The second-order valence-electron chi connectivity index (χ2n) is 7.07. The van der Waals surface area contributed by atoms with Crippen molar-refractivity contribution in [2.24, 2.45) is 0 Å². The van der Waals surface area contributed by atoms with Crippen LogP contribution in [0.15, 0.2) is 68.4 Å². The van der Waals surface area contributed by atoms with Crippen LogP contribution < -0.4 is 15.6 Å². The summed E-state index contributed by atoms with van der Waals surface area (Å²) in [6.07, 6.45) is 1.49. The number of furan rings is 1. The number of amides is 1. The quantitative estimate of drug-likeness (QED) is 0.325. The number of nitrogens with one attached hydrogen (secondary N) is 2. The van der Waals surface area contributed by atoms with E-state index in [-0.39, 0.29) is 17.3 Å². The number of ether oxygens (including phenoxy) is 1. The van der Waals surface area contributed by atoms with Crippen molar-refractivity contribution in [1.29, 1.82) is 0 Å². The Morgan fingerprint density at radius 3 is 2.82 bits per heavy atom. The number of benzene rings is 2. The van der Waals surface area contributed by atoms with Crippen molar-refractivity contribution in [3.05, 3.63) is 80.1 Å². The SMILES string of the molecule is COc1cc(C(=O)Nc2ccc(-c3nc4c(oc5ccc(Br)cc54)c(=O)[nH]3)c(Cl)c2)ccn1. The van der Waals surface area contributed by atoms with Gasteiger partial charge < -0.3 is 19.5 Å². The Morgan fingerprint density at radius 1 is 1.18 bits per heavy atom. The smallest absolute Gasteiger partial charge is 0.294 e. The number of hydrogen-bond acceptors (Lipinski definition) is 6. The molecule has 0 aliphatic carbocycles. The molecule has 5 rings (SSSR count). The summed E-state index contributed by atoms with van der Waals surface area (Å²) in [6.45, 7) is 0. The molecule has 2 aromatic carbocycles. The minimum absolute atomic E-state index is 0.139. The standard InChI is InChI=1S/C23H14BrClN4O4/c1-32-18-8-11(6-7-26-18)22(30)27-13-3-4-14(16(25)10-13)21-28-19-15-9-12(24)2-5-17(15)33-20(19)23(31)29-21/h2-10H,1H3,(H,27,30)(H,28,29,31). The Balaban J connectivity index is 1.50. The average molecular weight is 526 g/mol. The highest BCUT2D eigenvalue weighted by Crippen LogP contribution is 2.32. The summed E-state index contributed by atoms with van der Waals surface area (Å²) in [7, 11) is 1.48. The molecule has 164 valence electrons. The van der Waals surface area contributed by atoms with Gasteiger partial charge in [-0.15, -0.1) is 0 Å². The Morgan fingerprint density at radius 2 is 2.03 bits per heavy atom. The minimum Gasteiger partial charge on any atom is -0.481 e. The Bertz CT molecular complexity index is 1610. The van der Waals surface area contributed by atoms with Crippen molar-refractivity contribution < 1.29 is 13.9 Å². The predicted octanol–water partition coefficient (Wildman–Crippen LogP) is 5.41. The molecular weight excluding hydrogens is 512 g/mol. The van der Waals surface area contributed by atoms with Gasteiger partial charge in [-0.1, -0.05) is 27.5 Å². The Kier molecular flexibility index (Phi) is 5.35. The third kappa shape index (κ3) is 3.96. The van der Waals surface area contributed by atoms with E-state index in [1.807, 2.05) is 12.1 Å². The molecule has 0 atom stereocenters. The lowest BCUT2D eigenvalue weighted by Crippen LogP contribution is -2.12. The van der Waals surface area contributed by atoms with Gasteiger partial charge >= 0.3 is 0 Å². The van der Waals surface area contributed by atoms with E-state index in [4.69, 9.17) is 20.8 Å². The topological polar surface area (TPSA) is 110 Å². The number of halogens is 2. The first-order chi connectivity index (χ1) is 15.9. The van der Waals surface area contributed by atoms with Crippen molar-refractivity contribution in [2.75, 3.05) is 12.4 Å². The van der Waals surface area contributed by atoms with Crippen LogP contribution in [-0.4, -0.2) is 28.0 Å². The van der Waals surface area contributed by atoms with Gasteiger partial charge in [-0.3, -0.25) is 9.59 Å².